The summed E-state index contributed by atoms with van der Waals surface area (Å²) < 4.78 is 20.9. The topological polar surface area (TPSA) is 141 Å². The van der Waals surface area contributed by atoms with Crippen LogP contribution in [0.5, 0.6) is 0 Å². The Morgan fingerprint density at radius 2 is 0.447 bits per heavy atom. The Morgan fingerprint density at radius 1 is 0.187 bits per heavy atom. The normalized spacial score (nSPS) is 13.1. The standard InChI is InChI=1S/C37H23BN4.C34H22BN5.C34H24BN5.C23H17BN4/c1-2-11-24(12-3-1)41-33-20-9-6-15-28(33)38-29-16-10-17-30-37(29)40(23-39-30)34-21-25(22-35(41)36(34)38)42-31-18-7-4-13-26(31)27-14-5-8-19-32(27)42;1-19-11-24-33-26(13-19)36-17-38(33)30-15-21(40-28-9-5-3-7-22(28)23-8-4-6-10-29(23)40)16-31-32(30)35(24)25-12-20(2)14-27-34(25)39(31)18-37-27;1-21-13-26-33-28(15-21)36-19-38(33)30-17-25(40(23-9-5-3-6-10-23)24-11-7-4-8-12-24)18-31-32(30)35(26)27-14-22(2)16-29-34(27)39(31)20-37-29;1-12-4-15-22-17(6-12)25-10-27(22)19-8-14(3)9-20-21(19)24(15)16-5-13(2)7-18-23(16)28(20)11-26-18/h1-23H;3-18H,1-2H3;3-20H,1-2H3;4-11H,1-3H3. The summed E-state index contributed by atoms with van der Waals surface area (Å²) in [4.78, 5) is 38.7. The summed E-state index contributed by atoms with van der Waals surface area (Å²) in [6.07, 6.45) is 14.0. The van der Waals surface area contributed by atoms with Crippen LogP contribution < -0.4 is 75.4 Å². The molecule has 19 aromatic carbocycles. The van der Waals surface area contributed by atoms with Gasteiger partial charge in [-0.2, -0.15) is 0 Å². The zero-order chi connectivity index (χ0) is 98.9. The highest BCUT2D eigenvalue weighted by molar-refractivity contribution is 7.02. The van der Waals surface area contributed by atoms with Gasteiger partial charge in [0.2, 0.25) is 0 Å². The van der Waals surface area contributed by atoms with Crippen molar-refractivity contribution >= 4 is 247 Å². The van der Waals surface area contributed by atoms with Gasteiger partial charge in [-0.15, -0.1) is 0 Å². The highest BCUT2D eigenvalue weighted by atomic mass is 15.2. The predicted molar refractivity (Wildman–Crippen MR) is 618 cm³/mol. The molecule has 8 aliphatic rings. The molecule has 18 nitrogen and oxygen atoms in total. The summed E-state index contributed by atoms with van der Waals surface area (Å²) in [5.74, 6) is 0. The van der Waals surface area contributed by atoms with E-state index in [9.17, 15) is 0 Å². The minimum Gasteiger partial charge on any atom is -0.311 e. The zero-order valence-electron chi connectivity index (χ0n) is 82.9. The second kappa shape index (κ2) is 30.5. The van der Waals surface area contributed by atoms with Crippen LogP contribution in [-0.4, -0.2) is 103 Å². The van der Waals surface area contributed by atoms with Crippen LogP contribution in [-0.2, 0) is 0 Å². The van der Waals surface area contributed by atoms with Crippen LogP contribution in [0.2, 0.25) is 0 Å². The average Bonchev–Trinajstić information content (AvgIpc) is 1.70. The van der Waals surface area contributed by atoms with E-state index in [-0.39, 0.29) is 26.9 Å². The van der Waals surface area contributed by atoms with Gasteiger partial charge in [0.15, 0.2) is 0 Å². The Balaban J connectivity index is 0.0000000874. The van der Waals surface area contributed by atoms with Crippen molar-refractivity contribution in [1.29, 1.82) is 0 Å². The summed E-state index contributed by atoms with van der Waals surface area (Å²) in [6.45, 7) is 15.8. The number of anilines is 6. The second-order valence-corrected chi connectivity index (χ2v) is 42.0. The Kier molecular flexibility index (Phi) is 17.0. The van der Waals surface area contributed by atoms with E-state index >= 15 is 0 Å². The quantitative estimate of drug-likeness (QED) is 0.149. The minimum atomic E-state index is 0.110. The maximum atomic E-state index is 4.90. The molecule has 0 saturated heterocycles. The van der Waals surface area contributed by atoms with Gasteiger partial charge in [0.05, 0.1) is 116 Å². The first-order chi connectivity index (χ1) is 73.8. The summed E-state index contributed by atoms with van der Waals surface area (Å²) >= 11 is 0. The molecule has 0 spiro atoms. The van der Waals surface area contributed by atoms with E-state index in [4.69, 9.17) is 34.9 Å². The zero-order valence-corrected chi connectivity index (χ0v) is 82.9. The molecule has 0 radical (unpaired) electrons. The number of rotatable bonds is 6. The lowest BCUT2D eigenvalue weighted by molar-refractivity contribution is 1.05. The van der Waals surface area contributed by atoms with Crippen LogP contribution in [0.25, 0.3) is 172 Å². The van der Waals surface area contributed by atoms with Crippen LogP contribution in [0, 0.1) is 48.5 Å². The summed E-state index contributed by atoms with van der Waals surface area (Å²) in [6, 6.07) is 128. The predicted octanol–water partition coefficient (Wildman–Crippen LogP) is 20.0. The molecule has 17 heterocycles. The van der Waals surface area contributed by atoms with Gasteiger partial charge >= 0.3 is 0 Å². The molecule has 28 aromatic rings. The fraction of sp³-hybridized carbons (Fsp3) is 0.0547. The third kappa shape index (κ3) is 11.5. The lowest BCUT2D eigenvalue weighted by Crippen LogP contribution is -2.60. The molecule has 150 heavy (non-hydrogen) atoms. The van der Waals surface area contributed by atoms with E-state index in [1.165, 1.54) is 238 Å². The fourth-order valence-electron chi connectivity index (χ4n) is 27.5. The summed E-state index contributed by atoms with van der Waals surface area (Å²) in [5, 5.41) is 5.05. The number of imidazole rings is 7. The monoisotopic (exact) mass is 1920 g/mol. The summed E-state index contributed by atoms with van der Waals surface area (Å²) in [7, 11) is 0. The number of benzene rings is 19. The van der Waals surface area contributed by atoms with Crippen molar-refractivity contribution in [2.75, 3.05) is 9.80 Å². The van der Waals surface area contributed by atoms with Gasteiger partial charge in [-0.05, 0) is 311 Å². The van der Waals surface area contributed by atoms with Crippen LogP contribution >= 0.6 is 0 Å². The molecule has 0 atom stereocenters. The van der Waals surface area contributed by atoms with Crippen molar-refractivity contribution in [3.8, 4) is 51.2 Å². The molecule has 0 bridgehead atoms. The fourth-order valence-corrected chi connectivity index (χ4v) is 27.5. The van der Waals surface area contributed by atoms with Crippen LogP contribution in [0.15, 0.2) is 396 Å². The average molecular weight is 1920 g/mol. The van der Waals surface area contributed by atoms with Crippen LogP contribution in [0.1, 0.15) is 38.9 Å². The third-order valence-corrected chi connectivity index (χ3v) is 33.0. The van der Waals surface area contributed by atoms with Gasteiger partial charge in [0.1, 0.15) is 44.3 Å². The minimum absolute atomic E-state index is 0.110. The van der Waals surface area contributed by atoms with E-state index in [0.717, 1.165) is 72.7 Å². The third-order valence-electron chi connectivity index (χ3n) is 33.0. The highest BCUT2D eigenvalue weighted by Crippen LogP contribution is 2.47. The largest absolute Gasteiger partial charge is 0.311 e. The smallest absolute Gasteiger partial charge is 0.252 e. The number of nitrogens with zero attached hydrogens (tertiary/aromatic N) is 18. The van der Waals surface area contributed by atoms with Crippen molar-refractivity contribution < 1.29 is 0 Å². The molecule has 36 rings (SSSR count). The molecule has 9 aromatic heterocycles. The van der Waals surface area contributed by atoms with E-state index < -0.39 is 0 Å². The van der Waals surface area contributed by atoms with Gasteiger partial charge in [-0.25, -0.2) is 34.9 Å². The van der Waals surface area contributed by atoms with Crippen molar-refractivity contribution in [1.82, 2.24) is 76.0 Å². The molecule has 8 aliphatic heterocycles. The highest BCUT2D eigenvalue weighted by Gasteiger charge is 2.47. The van der Waals surface area contributed by atoms with E-state index in [1.807, 2.05) is 44.3 Å². The Morgan fingerprint density at radius 3 is 0.800 bits per heavy atom. The number of aryl methyl sites for hydroxylation is 7. The number of hydrogen-bond donors (Lipinski definition) is 0. The first-order valence-corrected chi connectivity index (χ1v) is 51.6. The maximum absolute atomic E-state index is 4.90. The molecule has 0 amide bonds. The maximum Gasteiger partial charge on any atom is 0.252 e. The molecule has 0 fully saturated rings. The van der Waals surface area contributed by atoms with Crippen molar-refractivity contribution in [3.05, 3.63) is 435 Å². The second-order valence-electron chi connectivity index (χ2n) is 42.0. The Hall–Kier alpha value is -19.1. The molecular weight excluding hydrogens is 1830 g/mol. The molecule has 0 N–H and O–H groups in total. The van der Waals surface area contributed by atoms with Gasteiger partial charge in [-0.3, -0.25) is 32.0 Å². The number of hydrogen-bond acceptors (Lipinski definition) is 9. The Bertz CT molecular complexity index is 10400. The van der Waals surface area contributed by atoms with E-state index in [1.54, 1.807) is 0 Å². The first-order valence-electron chi connectivity index (χ1n) is 51.6. The molecule has 22 heteroatoms. The summed E-state index contributed by atoms with van der Waals surface area (Å²) in [5.41, 5.74) is 62.8. The number of aromatic nitrogens is 16. The lowest BCUT2D eigenvalue weighted by atomic mass is 9.34. The molecular formula is C128H86B4N18. The van der Waals surface area contributed by atoms with Crippen molar-refractivity contribution in [2.24, 2.45) is 0 Å². The Labute approximate surface area is 861 Å². The SMILES string of the molecule is Cc1cc2c3c(c1)-n1cnc4cc(C)cc(c41)B3c1cc(C)cc3ncn-2c13.Cc1cc2c3c(c1)ncn3-c1cc(-n3c4ccccc4c4ccccc43)cc3c1B2c1cc(C)cc2ncn-3c12.Cc1cc2c3c(c1)ncn3-c1cc(N(c3ccccc3)c3ccccc3)cc3c1B2c1cc(C)cc2ncn-3c12.c1ccc(N2c3ccccc3B3c4c2cc(-n2c5ccccc5c5ccccc52)cc4-n2cnc4cccc3c42)cc1. The van der Waals surface area contributed by atoms with E-state index in [0.29, 0.717) is 0 Å². The van der Waals surface area contributed by atoms with Gasteiger partial charge in [0, 0.05) is 89.8 Å². The molecule has 700 valence electrons. The van der Waals surface area contributed by atoms with Crippen molar-refractivity contribution in [3.63, 3.8) is 0 Å². The van der Waals surface area contributed by atoms with Gasteiger partial charge in [0.25, 0.3) is 26.9 Å². The molecule has 0 aliphatic carbocycles. The molecule has 0 saturated carbocycles. The van der Waals surface area contributed by atoms with Crippen molar-refractivity contribution in [2.45, 2.75) is 48.5 Å². The first kappa shape index (κ1) is 83.3. The van der Waals surface area contributed by atoms with E-state index in [2.05, 4.69) is 451 Å². The van der Waals surface area contributed by atoms with Gasteiger partial charge < -0.3 is 18.9 Å². The number of para-hydroxylation sites is 9. The lowest BCUT2D eigenvalue weighted by Gasteiger charge is -2.40. The van der Waals surface area contributed by atoms with Crippen LogP contribution in [0.3, 0.4) is 0 Å². The molecule has 0 unspecified atom stereocenters. The van der Waals surface area contributed by atoms with Crippen LogP contribution in [0.4, 0.5) is 34.1 Å². The number of fused-ring (bicyclic) bond motifs is 22. The van der Waals surface area contributed by atoms with Gasteiger partial charge in [-0.1, -0.05) is 194 Å².